The number of anilines is 1. The van der Waals surface area contributed by atoms with Crippen LogP contribution in [0.25, 0.3) is 0 Å². The van der Waals surface area contributed by atoms with Gasteiger partial charge in [-0.2, -0.15) is 0 Å². The van der Waals surface area contributed by atoms with Gasteiger partial charge in [0.25, 0.3) is 0 Å². The van der Waals surface area contributed by atoms with E-state index >= 15 is 0 Å². The molecular weight excluding hydrogens is 300 g/mol. The van der Waals surface area contributed by atoms with E-state index in [1.165, 1.54) is 5.56 Å². The fourth-order valence-corrected chi connectivity index (χ4v) is 2.00. The molecule has 5 heteroatoms. The van der Waals surface area contributed by atoms with Gasteiger partial charge in [-0.3, -0.25) is 9.59 Å². The van der Waals surface area contributed by atoms with Crippen LogP contribution in [0.15, 0.2) is 48.5 Å². The summed E-state index contributed by atoms with van der Waals surface area (Å²) in [5.41, 5.74) is 2.65. The summed E-state index contributed by atoms with van der Waals surface area (Å²) in [5, 5.41) is 5.76. The van der Waals surface area contributed by atoms with E-state index in [0.29, 0.717) is 10.7 Å². The van der Waals surface area contributed by atoms with Crippen molar-refractivity contribution in [2.45, 2.75) is 19.9 Å². The molecule has 0 saturated heterocycles. The fourth-order valence-electron chi connectivity index (χ4n) is 1.88. The normalized spacial score (nSPS) is 10.1. The Labute approximate surface area is 134 Å². The van der Waals surface area contributed by atoms with E-state index in [9.17, 15) is 9.59 Å². The summed E-state index contributed by atoms with van der Waals surface area (Å²) < 4.78 is 0. The van der Waals surface area contributed by atoms with Crippen LogP contribution in [0.3, 0.4) is 0 Å². The molecule has 0 radical (unpaired) electrons. The Morgan fingerprint density at radius 3 is 2.09 bits per heavy atom. The van der Waals surface area contributed by atoms with Gasteiger partial charge in [0, 0.05) is 17.3 Å². The molecule has 2 N–H and O–H groups in total. The van der Waals surface area contributed by atoms with Crippen LogP contribution in [-0.2, 0) is 22.6 Å². The first-order valence-electron chi connectivity index (χ1n) is 7.01. The minimum Gasteiger partial charge on any atom is -0.344 e. The maximum atomic E-state index is 11.8. The second-order valence-corrected chi connectivity index (χ2v) is 5.25. The van der Waals surface area contributed by atoms with Crippen LogP contribution in [0.4, 0.5) is 5.69 Å². The standard InChI is InChI=1S/C17H17ClN2O2/c1-2-12-5-9-15(10-6-12)20-17(22)16(21)19-11-13-3-7-14(18)8-4-13/h3-10H,2,11H2,1H3,(H,19,21)(H,20,22). The summed E-state index contributed by atoms with van der Waals surface area (Å²) in [6.07, 6.45) is 0.926. The van der Waals surface area contributed by atoms with E-state index in [2.05, 4.69) is 17.6 Å². The Morgan fingerprint density at radius 2 is 1.50 bits per heavy atom. The second-order valence-electron chi connectivity index (χ2n) is 4.81. The number of carbonyl (C=O) groups is 2. The first-order chi connectivity index (χ1) is 10.6. The maximum absolute atomic E-state index is 11.8. The number of carbonyl (C=O) groups excluding carboxylic acids is 2. The van der Waals surface area contributed by atoms with E-state index < -0.39 is 11.8 Å². The number of hydrogen-bond donors (Lipinski definition) is 2. The Hall–Kier alpha value is -2.33. The predicted molar refractivity (Wildman–Crippen MR) is 87.7 cm³/mol. The zero-order valence-electron chi connectivity index (χ0n) is 12.2. The average Bonchev–Trinajstić information content (AvgIpc) is 2.54. The third-order valence-electron chi connectivity index (χ3n) is 3.19. The topological polar surface area (TPSA) is 58.2 Å². The minimum atomic E-state index is -0.682. The highest BCUT2D eigenvalue weighted by molar-refractivity contribution is 6.39. The van der Waals surface area contributed by atoms with Crippen molar-refractivity contribution >= 4 is 29.1 Å². The number of amides is 2. The predicted octanol–water partition coefficient (Wildman–Crippen LogP) is 3.16. The van der Waals surface area contributed by atoms with Crippen molar-refractivity contribution in [3.8, 4) is 0 Å². The molecule has 2 aromatic rings. The van der Waals surface area contributed by atoms with Gasteiger partial charge in [0.1, 0.15) is 0 Å². The molecule has 0 aliphatic rings. The first kappa shape index (κ1) is 16.0. The minimum absolute atomic E-state index is 0.276. The van der Waals surface area contributed by atoms with Gasteiger partial charge < -0.3 is 10.6 Å². The summed E-state index contributed by atoms with van der Waals surface area (Å²) in [7, 11) is 0. The monoisotopic (exact) mass is 316 g/mol. The molecule has 0 aromatic heterocycles. The third kappa shape index (κ3) is 4.60. The quantitative estimate of drug-likeness (QED) is 0.851. The molecule has 0 fully saturated rings. The van der Waals surface area contributed by atoms with Crippen molar-refractivity contribution in [2.24, 2.45) is 0 Å². The van der Waals surface area contributed by atoms with Crippen LogP contribution in [0.1, 0.15) is 18.1 Å². The molecule has 0 heterocycles. The highest BCUT2D eigenvalue weighted by Gasteiger charge is 2.13. The van der Waals surface area contributed by atoms with Crippen molar-refractivity contribution in [1.29, 1.82) is 0 Å². The lowest BCUT2D eigenvalue weighted by Crippen LogP contribution is -2.34. The summed E-state index contributed by atoms with van der Waals surface area (Å²) in [5.74, 6) is -1.35. The molecule has 0 aliphatic heterocycles. The molecule has 2 amide bonds. The van der Waals surface area contributed by atoms with Crippen LogP contribution in [0, 0.1) is 0 Å². The molecule has 2 rings (SSSR count). The van der Waals surface area contributed by atoms with Crippen LogP contribution >= 0.6 is 11.6 Å². The molecule has 0 saturated carbocycles. The van der Waals surface area contributed by atoms with Gasteiger partial charge in [-0.15, -0.1) is 0 Å². The Kier molecular flexibility index (Phi) is 5.55. The summed E-state index contributed by atoms with van der Waals surface area (Å²) in [6.45, 7) is 2.33. The van der Waals surface area contributed by atoms with Crippen LogP contribution in [0.2, 0.25) is 5.02 Å². The lowest BCUT2D eigenvalue weighted by molar-refractivity contribution is -0.136. The number of halogens is 1. The fraction of sp³-hybridized carbons (Fsp3) is 0.176. The smallest absolute Gasteiger partial charge is 0.313 e. The molecule has 0 aliphatic carbocycles. The molecule has 4 nitrogen and oxygen atoms in total. The Morgan fingerprint density at radius 1 is 0.909 bits per heavy atom. The van der Waals surface area contributed by atoms with Gasteiger partial charge in [0.2, 0.25) is 0 Å². The molecule has 0 unspecified atom stereocenters. The zero-order chi connectivity index (χ0) is 15.9. The number of benzene rings is 2. The highest BCUT2D eigenvalue weighted by atomic mass is 35.5. The molecule has 2 aromatic carbocycles. The second kappa shape index (κ2) is 7.61. The van der Waals surface area contributed by atoms with Crippen molar-refractivity contribution in [2.75, 3.05) is 5.32 Å². The highest BCUT2D eigenvalue weighted by Crippen LogP contribution is 2.10. The summed E-state index contributed by atoms with van der Waals surface area (Å²) >= 11 is 5.79. The van der Waals surface area contributed by atoms with E-state index in [4.69, 9.17) is 11.6 Å². The molecular formula is C17H17ClN2O2. The maximum Gasteiger partial charge on any atom is 0.313 e. The molecule has 0 spiro atoms. The van der Waals surface area contributed by atoms with Crippen molar-refractivity contribution < 1.29 is 9.59 Å². The van der Waals surface area contributed by atoms with Crippen LogP contribution in [-0.4, -0.2) is 11.8 Å². The lowest BCUT2D eigenvalue weighted by Gasteiger charge is -2.07. The van der Waals surface area contributed by atoms with Gasteiger partial charge in [-0.25, -0.2) is 0 Å². The number of aryl methyl sites for hydroxylation is 1. The largest absolute Gasteiger partial charge is 0.344 e. The number of nitrogens with one attached hydrogen (secondary N) is 2. The van der Waals surface area contributed by atoms with Crippen molar-refractivity contribution in [3.63, 3.8) is 0 Å². The molecule has 22 heavy (non-hydrogen) atoms. The average molecular weight is 317 g/mol. The van der Waals surface area contributed by atoms with Gasteiger partial charge in [0.05, 0.1) is 0 Å². The number of hydrogen-bond acceptors (Lipinski definition) is 2. The lowest BCUT2D eigenvalue weighted by atomic mass is 10.1. The first-order valence-corrected chi connectivity index (χ1v) is 7.39. The molecule has 114 valence electrons. The van der Waals surface area contributed by atoms with Crippen LogP contribution < -0.4 is 10.6 Å². The van der Waals surface area contributed by atoms with Crippen LogP contribution in [0.5, 0.6) is 0 Å². The van der Waals surface area contributed by atoms with E-state index in [0.717, 1.165) is 12.0 Å². The summed E-state index contributed by atoms with van der Waals surface area (Å²) in [4.78, 5) is 23.6. The van der Waals surface area contributed by atoms with Gasteiger partial charge >= 0.3 is 11.8 Å². The third-order valence-corrected chi connectivity index (χ3v) is 3.44. The van der Waals surface area contributed by atoms with Gasteiger partial charge in [0.15, 0.2) is 0 Å². The zero-order valence-corrected chi connectivity index (χ0v) is 13.0. The number of rotatable bonds is 4. The van der Waals surface area contributed by atoms with Crippen molar-refractivity contribution in [3.05, 3.63) is 64.7 Å². The van der Waals surface area contributed by atoms with E-state index in [1.54, 1.807) is 36.4 Å². The molecule has 0 bridgehead atoms. The van der Waals surface area contributed by atoms with E-state index in [1.807, 2.05) is 12.1 Å². The Balaban J connectivity index is 1.86. The van der Waals surface area contributed by atoms with Crippen molar-refractivity contribution in [1.82, 2.24) is 5.32 Å². The van der Waals surface area contributed by atoms with Gasteiger partial charge in [-0.05, 0) is 41.8 Å². The summed E-state index contributed by atoms with van der Waals surface area (Å²) in [6, 6.07) is 14.5. The Bertz CT molecular complexity index is 651. The molecule has 0 atom stereocenters. The SMILES string of the molecule is CCc1ccc(NC(=O)C(=O)NCc2ccc(Cl)cc2)cc1. The van der Waals surface area contributed by atoms with E-state index in [-0.39, 0.29) is 6.54 Å². The van der Waals surface area contributed by atoms with Gasteiger partial charge in [-0.1, -0.05) is 42.8 Å².